The third-order valence-corrected chi connectivity index (χ3v) is 13.8. The van der Waals surface area contributed by atoms with Crippen LogP contribution in [0.2, 0.25) is 0 Å². The van der Waals surface area contributed by atoms with Gasteiger partial charge >= 0.3 is 0 Å². The van der Waals surface area contributed by atoms with Crippen LogP contribution in [-0.2, 0) is 5.41 Å². The topological polar surface area (TPSA) is 38.9 Å². The molecule has 0 amide bonds. The van der Waals surface area contributed by atoms with Gasteiger partial charge in [0.1, 0.15) is 11.2 Å². The Morgan fingerprint density at radius 3 is 1.56 bits per heavy atom. The van der Waals surface area contributed by atoms with Crippen molar-refractivity contribution in [3.63, 3.8) is 0 Å². The second-order valence-electron chi connectivity index (χ2n) is 17.6. The molecule has 13 rings (SSSR count). The largest absolute Gasteiger partial charge is 0.455 e. The van der Waals surface area contributed by atoms with Crippen LogP contribution >= 0.6 is 0 Å². The van der Waals surface area contributed by atoms with E-state index in [1.807, 2.05) is 30.3 Å². The molecule has 1 aliphatic carbocycles. The molecule has 0 spiro atoms. The van der Waals surface area contributed by atoms with Gasteiger partial charge in [0.25, 0.3) is 0 Å². The number of hydrogen-bond acceptors (Lipinski definition) is 3. The Hall–Kier alpha value is -8.92. The van der Waals surface area contributed by atoms with E-state index in [0.717, 1.165) is 83.4 Å². The molecule has 0 radical (unpaired) electrons. The summed E-state index contributed by atoms with van der Waals surface area (Å²) in [7, 11) is 0. The molecular weight excluding hydrogens is 825 g/mol. The van der Waals surface area contributed by atoms with Crippen LogP contribution in [0.4, 0.5) is 0 Å². The van der Waals surface area contributed by atoms with Crippen LogP contribution in [0.3, 0.4) is 0 Å². The van der Waals surface area contributed by atoms with E-state index in [1.54, 1.807) is 0 Å². The third kappa shape index (κ3) is 6.43. The fourth-order valence-electron chi connectivity index (χ4n) is 10.7. The molecule has 1 aliphatic rings. The van der Waals surface area contributed by atoms with Crippen molar-refractivity contribution in [3.8, 4) is 78.4 Å². The lowest BCUT2D eigenvalue weighted by Crippen LogP contribution is -2.28. The smallest absolute Gasteiger partial charge is 0.160 e. The molecular formula is C65H42N2O. The van der Waals surface area contributed by atoms with Crippen molar-refractivity contribution in [1.82, 2.24) is 9.97 Å². The zero-order valence-corrected chi connectivity index (χ0v) is 37.1. The van der Waals surface area contributed by atoms with Crippen molar-refractivity contribution >= 4 is 21.9 Å². The molecule has 0 saturated heterocycles. The van der Waals surface area contributed by atoms with Gasteiger partial charge in [0.05, 0.1) is 16.8 Å². The van der Waals surface area contributed by atoms with Gasteiger partial charge in [-0.1, -0.05) is 218 Å². The Kier molecular flexibility index (Phi) is 9.40. The number of fused-ring (bicyclic) bond motifs is 6. The molecule has 0 atom stereocenters. The molecule has 318 valence electrons. The zero-order valence-electron chi connectivity index (χ0n) is 37.1. The molecule has 0 fully saturated rings. The van der Waals surface area contributed by atoms with Gasteiger partial charge in [0.2, 0.25) is 0 Å². The Morgan fingerprint density at radius 2 is 0.824 bits per heavy atom. The van der Waals surface area contributed by atoms with Crippen LogP contribution in [-0.4, -0.2) is 9.97 Å². The monoisotopic (exact) mass is 866 g/mol. The van der Waals surface area contributed by atoms with Crippen LogP contribution in [0.25, 0.3) is 100 Å². The SMILES string of the molecule is c1ccc(-c2cc(-c3ccc4c(c3)C(c3ccccc3)(c3ccccc3)c3ccccc3-4)cc(-c3cc(-c4ccccc4-c4cccc5c4oc4ccccc45)nc(-c4ccccc4)n3)c2)cc1. The molecule has 2 heterocycles. The average molecular weight is 867 g/mol. The van der Waals surface area contributed by atoms with Crippen molar-refractivity contribution in [2.24, 2.45) is 0 Å². The van der Waals surface area contributed by atoms with Crippen LogP contribution in [0.1, 0.15) is 22.3 Å². The van der Waals surface area contributed by atoms with Gasteiger partial charge in [-0.15, -0.1) is 0 Å². The van der Waals surface area contributed by atoms with Gasteiger partial charge < -0.3 is 4.42 Å². The molecule has 68 heavy (non-hydrogen) atoms. The summed E-state index contributed by atoms with van der Waals surface area (Å²) in [5, 5.41) is 2.19. The predicted molar refractivity (Wildman–Crippen MR) is 279 cm³/mol. The maximum atomic E-state index is 6.60. The molecule has 10 aromatic carbocycles. The fourth-order valence-corrected chi connectivity index (χ4v) is 10.7. The number of hydrogen-bond donors (Lipinski definition) is 0. The molecule has 3 nitrogen and oxygen atoms in total. The molecule has 3 heteroatoms. The molecule has 0 saturated carbocycles. The standard InChI is InChI=1S/C65H42N2O/c1-5-20-43(21-6-1)46-38-47(45-36-37-53-52-29-15-17-34-58(52)65(59(53)41-45,49-24-9-3-10-25-49)50-26-11-4-12-27-50)40-48(39-46)60-42-61(67-64(66-60)44-22-7-2-8-23-44)54-30-14-13-28-51(54)56-32-19-33-57-55-31-16-18-35-62(55)68-63(56)57/h1-42H. The number of nitrogens with zero attached hydrogens (tertiary/aromatic N) is 2. The first-order valence-corrected chi connectivity index (χ1v) is 23.2. The van der Waals surface area contributed by atoms with E-state index in [9.17, 15) is 0 Å². The summed E-state index contributed by atoms with van der Waals surface area (Å²) in [6, 6.07) is 91.3. The Bertz CT molecular complexity index is 3800. The minimum Gasteiger partial charge on any atom is -0.455 e. The van der Waals surface area contributed by atoms with E-state index in [2.05, 4.69) is 224 Å². The first kappa shape index (κ1) is 39.4. The van der Waals surface area contributed by atoms with Crippen molar-refractivity contribution in [1.29, 1.82) is 0 Å². The highest BCUT2D eigenvalue weighted by Gasteiger charge is 2.46. The predicted octanol–water partition coefficient (Wildman–Crippen LogP) is 16.7. The quantitative estimate of drug-likeness (QED) is 0.153. The van der Waals surface area contributed by atoms with E-state index in [4.69, 9.17) is 14.4 Å². The Labute approximate surface area is 395 Å². The van der Waals surface area contributed by atoms with Crippen LogP contribution in [0.5, 0.6) is 0 Å². The number of furan rings is 1. The van der Waals surface area contributed by atoms with Crippen LogP contribution in [0, 0.1) is 0 Å². The van der Waals surface area contributed by atoms with Crippen LogP contribution < -0.4 is 0 Å². The lowest BCUT2D eigenvalue weighted by molar-refractivity contribution is 0.670. The van der Waals surface area contributed by atoms with Crippen molar-refractivity contribution in [3.05, 3.63) is 277 Å². The zero-order chi connectivity index (χ0) is 45.0. The van der Waals surface area contributed by atoms with E-state index in [-0.39, 0.29) is 0 Å². The summed E-state index contributed by atoms with van der Waals surface area (Å²) >= 11 is 0. The summed E-state index contributed by atoms with van der Waals surface area (Å²) in [6.07, 6.45) is 0. The highest BCUT2D eigenvalue weighted by molar-refractivity contribution is 6.10. The van der Waals surface area contributed by atoms with Crippen molar-refractivity contribution < 1.29 is 4.42 Å². The summed E-state index contributed by atoms with van der Waals surface area (Å²) in [5.74, 6) is 0.660. The van der Waals surface area contributed by atoms with Gasteiger partial charge in [-0.05, 0) is 97.6 Å². The third-order valence-electron chi connectivity index (χ3n) is 13.8. The summed E-state index contributed by atoms with van der Waals surface area (Å²) in [6.45, 7) is 0. The van der Waals surface area contributed by atoms with E-state index in [0.29, 0.717) is 5.82 Å². The second-order valence-corrected chi connectivity index (χ2v) is 17.6. The lowest BCUT2D eigenvalue weighted by atomic mass is 9.67. The Morgan fingerprint density at radius 1 is 0.294 bits per heavy atom. The van der Waals surface area contributed by atoms with Gasteiger partial charge in [0, 0.05) is 33.0 Å². The average Bonchev–Trinajstić information content (AvgIpc) is 3.95. The molecule has 0 aliphatic heterocycles. The number of benzene rings is 10. The Balaban J connectivity index is 1.03. The summed E-state index contributed by atoms with van der Waals surface area (Å²) in [4.78, 5) is 10.8. The van der Waals surface area contributed by atoms with E-state index in [1.165, 1.54) is 33.4 Å². The minimum atomic E-state index is -0.517. The highest BCUT2D eigenvalue weighted by Crippen LogP contribution is 2.57. The van der Waals surface area contributed by atoms with Gasteiger partial charge in [0.15, 0.2) is 5.82 Å². The van der Waals surface area contributed by atoms with Crippen molar-refractivity contribution in [2.45, 2.75) is 5.41 Å². The number of para-hydroxylation sites is 2. The summed E-state index contributed by atoms with van der Waals surface area (Å²) < 4.78 is 6.60. The van der Waals surface area contributed by atoms with Crippen LogP contribution in [0.15, 0.2) is 259 Å². The fraction of sp³-hybridized carbons (Fsp3) is 0.0154. The van der Waals surface area contributed by atoms with Gasteiger partial charge in [-0.3, -0.25) is 0 Å². The molecule has 0 bridgehead atoms. The number of rotatable bonds is 8. The highest BCUT2D eigenvalue weighted by atomic mass is 16.3. The molecule has 2 aromatic heterocycles. The van der Waals surface area contributed by atoms with Gasteiger partial charge in [-0.2, -0.15) is 0 Å². The minimum absolute atomic E-state index is 0.517. The second kappa shape index (κ2) is 16.2. The lowest BCUT2D eigenvalue weighted by Gasteiger charge is -2.34. The maximum Gasteiger partial charge on any atom is 0.160 e. The number of aromatic nitrogens is 2. The van der Waals surface area contributed by atoms with Crippen molar-refractivity contribution in [2.75, 3.05) is 0 Å². The molecule has 12 aromatic rings. The first-order valence-electron chi connectivity index (χ1n) is 23.2. The van der Waals surface area contributed by atoms with E-state index >= 15 is 0 Å². The molecule has 0 N–H and O–H groups in total. The van der Waals surface area contributed by atoms with Gasteiger partial charge in [-0.25, -0.2) is 9.97 Å². The molecule has 0 unspecified atom stereocenters. The van der Waals surface area contributed by atoms with E-state index < -0.39 is 5.41 Å². The summed E-state index contributed by atoms with van der Waals surface area (Å²) in [5.41, 5.74) is 19.9. The normalized spacial score (nSPS) is 12.5. The maximum absolute atomic E-state index is 6.60. The first-order chi connectivity index (χ1) is 33.7.